The highest BCUT2D eigenvalue weighted by molar-refractivity contribution is 5.86. The molecule has 6 heteroatoms. The highest BCUT2D eigenvalue weighted by Gasteiger charge is 2.25. The first-order valence-electron chi connectivity index (χ1n) is 9.48. The molecule has 0 aliphatic carbocycles. The summed E-state index contributed by atoms with van der Waals surface area (Å²) in [6, 6.07) is 14.1. The van der Waals surface area contributed by atoms with E-state index in [1.54, 1.807) is 16.8 Å². The third-order valence-corrected chi connectivity index (χ3v) is 5.29. The number of carbonyl (C=O) groups excluding carboxylic acids is 1. The zero-order valence-electron chi connectivity index (χ0n) is 17.1. The average molecular weight is 391 g/mol. The van der Waals surface area contributed by atoms with Crippen LogP contribution in [0.5, 0.6) is 0 Å². The van der Waals surface area contributed by atoms with Gasteiger partial charge in [-0.2, -0.15) is 5.10 Å². The summed E-state index contributed by atoms with van der Waals surface area (Å²) in [5, 5.41) is 16.9. The first-order chi connectivity index (χ1) is 13.8. The van der Waals surface area contributed by atoms with Gasteiger partial charge in [-0.1, -0.05) is 36.4 Å². The van der Waals surface area contributed by atoms with E-state index >= 15 is 0 Å². The zero-order valence-corrected chi connectivity index (χ0v) is 17.1. The van der Waals surface area contributed by atoms with Crippen LogP contribution in [0.2, 0.25) is 0 Å². The monoisotopic (exact) mass is 391 g/mol. The second-order valence-electron chi connectivity index (χ2n) is 7.20. The number of para-hydroxylation sites is 1. The van der Waals surface area contributed by atoms with E-state index in [1.165, 1.54) is 0 Å². The Morgan fingerprint density at radius 2 is 1.72 bits per heavy atom. The van der Waals surface area contributed by atoms with Gasteiger partial charge in [0.15, 0.2) is 6.04 Å². The van der Waals surface area contributed by atoms with Crippen molar-refractivity contribution in [2.45, 2.75) is 40.2 Å². The van der Waals surface area contributed by atoms with Crippen LogP contribution in [0.4, 0.5) is 0 Å². The Hall–Kier alpha value is -3.41. The first-order valence-corrected chi connectivity index (χ1v) is 9.48. The van der Waals surface area contributed by atoms with Crippen molar-refractivity contribution >= 4 is 11.9 Å². The molecule has 0 spiro atoms. The molecule has 150 valence electrons. The molecule has 2 N–H and O–H groups in total. The van der Waals surface area contributed by atoms with E-state index < -0.39 is 12.0 Å². The van der Waals surface area contributed by atoms with Gasteiger partial charge >= 0.3 is 5.97 Å². The van der Waals surface area contributed by atoms with Gasteiger partial charge in [0.1, 0.15) is 0 Å². The number of aliphatic carboxylic acids is 1. The van der Waals surface area contributed by atoms with Crippen LogP contribution in [0.25, 0.3) is 5.69 Å². The third kappa shape index (κ3) is 4.21. The maximum absolute atomic E-state index is 12.7. The number of rotatable bonds is 6. The molecule has 1 unspecified atom stereocenters. The summed E-state index contributed by atoms with van der Waals surface area (Å²) in [5.74, 6) is -1.43. The molecule has 6 nitrogen and oxygen atoms in total. The van der Waals surface area contributed by atoms with E-state index in [1.807, 2.05) is 64.1 Å². The summed E-state index contributed by atoms with van der Waals surface area (Å²) in [7, 11) is 0. The van der Waals surface area contributed by atoms with Gasteiger partial charge in [0.2, 0.25) is 5.91 Å². The van der Waals surface area contributed by atoms with Gasteiger partial charge in [-0.05, 0) is 56.5 Å². The molecule has 0 radical (unpaired) electrons. The molecule has 1 aromatic heterocycles. The highest BCUT2D eigenvalue weighted by Crippen LogP contribution is 2.22. The van der Waals surface area contributed by atoms with E-state index in [0.717, 1.165) is 33.8 Å². The third-order valence-electron chi connectivity index (χ3n) is 5.29. The lowest BCUT2D eigenvalue weighted by Gasteiger charge is -2.18. The van der Waals surface area contributed by atoms with Crippen molar-refractivity contribution in [1.82, 2.24) is 15.1 Å². The molecular formula is C23H25N3O3. The van der Waals surface area contributed by atoms with E-state index in [2.05, 4.69) is 10.4 Å². The largest absolute Gasteiger partial charge is 0.479 e. The number of aromatic nitrogens is 2. The van der Waals surface area contributed by atoms with E-state index in [0.29, 0.717) is 5.56 Å². The molecule has 1 atom stereocenters. The first kappa shape index (κ1) is 20.3. The minimum atomic E-state index is -1.09. The van der Waals surface area contributed by atoms with Crippen molar-refractivity contribution in [3.05, 3.63) is 82.2 Å². The van der Waals surface area contributed by atoms with Crippen molar-refractivity contribution in [3.63, 3.8) is 0 Å². The van der Waals surface area contributed by atoms with Crippen LogP contribution in [0.15, 0.2) is 48.5 Å². The Labute approximate surface area is 170 Å². The second kappa shape index (κ2) is 8.31. The number of nitrogens with zero attached hydrogens (tertiary/aromatic N) is 2. The Kier molecular flexibility index (Phi) is 5.82. The van der Waals surface area contributed by atoms with Crippen LogP contribution in [0.3, 0.4) is 0 Å². The van der Waals surface area contributed by atoms with E-state index in [-0.39, 0.29) is 12.3 Å². The maximum Gasteiger partial charge on any atom is 0.330 e. The van der Waals surface area contributed by atoms with Gasteiger partial charge in [-0.3, -0.25) is 4.79 Å². The highest BCUT2D eigenvalue weighted by atomic mass is 16.4. The lowest BCUT2D eigenvalue weighted by molar-refractivity contribution is -0.142. The smallest absolute Gasteiger partial charge is 0.330 e. The van der Waals surface area contributed by atoms with Gasteiger partial charge in [-0.15, -0.1) is 0 Å². The quantitative estimate of drug-likeness (QED) is 0.673. The van der Waals surface area contributed by atoms with Crippen LogP contribution in [-0.4, -0.2) is 26.8 Å². The molecule has 0 saturated heterocycles. The van der Waals surface area contributed by atoms with Crippen LogP contribution in [0, 0.1) is 27.7 Å². The van der Waals surface area contributed by atoms with Crippen molar-refractivity contribution in [2.24, 2.45) is 0 Å². The van der Waals surface area contributed by atoms with Crippen LogP contribution in [-0.2, 0) is 16.0 Å². The lowest BCUT2D eigenvalue weighted by atomic mass is 9.97. The molecule has 0 aliphatic heterocycles. The van der Waals surface area contributed by atoms with Crippen LogP contribution < -0.4 is 5.32 Å². The molecule has 3 aromatic rings. The van der Waals surface area contributed by atoms with Gasteiger partial charge < -0.3 is 10.4 Å². The molecule has 29 heavy (non-hydrogen) atoms. The molecule has 3 rings (SSSR count). The number of amides is 1. The van der Waals surface area contributed by atoms with Crippen LogP contribution in [0.1, 0.15) is 39.7 Å². The van der Waals surface area contributed by atoms with Crippen molar-refractivity contribution < 1.29 is 14.7 Å². The molecule has 0 bridgehead atoms. The van der Waals surface area contributed by atoms with Gasteiger partial charge in [-0.25, -0.2) is 9.48 Å². The predicted molar refractivity (Wildman–Crippen MR) is 111 cm³/mol. The molecule has 1 heterocycles. The number of carboxylic acid groups (broad SMARTS) is 1. The Morgan fingerprint density at radius 1 is 1.03 bits per heavy atom. The summed E-state index contributed by atoms with van der Waals surface area (Å²) in [5.41, 5.74) is 5.78. The topological polar surface area (TPSA) is 84.2 Å². The summed E-state index contributed by atoms with van der Waals surface area (Å²) in [4.78, 5) is 24.6. The number of nitrogens with one attached hydrogen (secondary N) is 1. The molecule has 2 aromatic carbocycles. The number of hydrogen-bond acceptors (Lipinski definition) is 3. The zero-order chi connectivity index (χ0) is 21.1. The fourth-order valence-electron chi connectivity index (χ4n) is 3.48. The standard InChI is InChI=1S/C23H25N3O3/c1-14-9-8-12-19(15(14)2)22(23(28)29)24-21(27)13-20-16(3)25-26(17(20)4)18-10-6-5-7-11-18/h5-12,22H,13H2,1-4H3,(H,24,27)(H,28,29). The number of benzene rings is 2. The normalized spacial score (nSPS) is 11.9. The summed E-state index contributed by atoms with van der Waals surface area (Å²) in [6.07, 6.45) is 0.0686. The summed E-state index contributed by atoms with van der Waals surface area (Å²) < 4.78 is 1.80. The molecule has 1 amide bonds. The fraction of sp³-hybridized carbons (Fsp3) is 0.261. The van der Waals surface area contributed by atoms with Gasteiger partial charge in [0.25, 0.3) is 0 Å². The maximum atomic E-state index is 12.7. The molecule has 0 saturated carbocycles. The SMILES string of the molecule is Cc1cccc(C(NC(=O)Cc2c(C)nn(-c3ccccc3)c2C)C(=O)O)c1C. The minimum absolute atomic E-state index is 0.0686. The lowest BCUT2D eigenvalue weighted by Crippen LogP contribution is -2.35. The number of aryl methyl sites for hydroxylation is 2. The average Bonchev–Trinajstić information content (AvgIpc) is 2.97. The van der Waals surface area contributed by atoms with Crippen molar-refractivity contribution in [1.29, 1.82) is 0 Å². The van der Waals surface area contributed by atoms with Crippen LogP contribution >= 0.6 is 0 Å². The Balaban J connectivity index is 1.84. The Morgan fingerprint density at radius 3 is 2.38 bits per heavy atom. The molecular weight excluding hydrogens is 366 g/mol. The van der Waals surface area contributed by atoms with Crippen molar-refractivity contribution in [3.8, 4) is 5.69 Å². The number of carbonyl (C=O) groups is 2. The van der Waals surface area contributed by atoms with E-state index in [9.17, 15) is 14.7 Å². The minimum Gasteiger partial charge on any atom is -0.479 e. The molecule has 0 aliphatic rings. The van der Waals surface area contributed by atoms with Gasteiger partial charge in [0.05, 0.1) is 17.8 Å². The Bertz CT molecular complexity index is 1050. The molecule has 0 fully saturated rings. The summed E-state index contributed by atoms with van der Waals surface area (Å²) >= 11 is 0. The van der Waals surface area contributed by atoms with E-state index in [4.69, 9.17) is 0 Å². The second-order valence-corrected chi connectivity index (χ2v) is 7.20. The summed E-state index contributed by atoms with van der Waals surface area (Å²) in [6.45, 7) is 7.55. The fourth-order valence-corrected chi connectivity index (χ4v) is 3.48. The van der Waals surface area contributed by atoms with Crippen molar-refractivity contribution in [2.75, 3.05) is 0 Å². The predicted octanol–water partition coefficient (Wildman–Crippen LogP) is 3.59. The number of carboxylic acids is 1. The van der Waals surface area contributed by atoms with Gasteiger partial charge in [0, 0.05) is 11.3 Å². The number of hydrogen-bond donors (Lipinski definition) is 2.